The van der Waals surface area contributed by atoms with E-state index in [1.54, 1.807) is 18.2 Å². The molecule has 2 N–H and O–H groups in total. The van der Waals surface area contributed by atoms with Crippen molar-refractivity contribution >= 4 is 11.9 Å². The maximum absolute atomic E-state index is 13.6. The van der Waals surface area contributed by atoms with Gasteiger partial charge in [-0.3, -0.25) is 9.78 Å². The maximum atomic E-state index is 13.6. The summed E-state index contributed by atoms with van der Waals surface area (Å²) in [4.78, 5) is 27.0. The molecule has 0 spiro atoms. The van der Waals surface area contributed by atoms with Gasteiger partial charge in [0, 0.05) is 12.6 Å². The molecule has 2 aromatic rings. The summed E-state index contributed by atoms with van der Waals surface area (Å²) in [6.45, 7) is 0. The van der Waals surface area contributed by atoms with E-state index in [-0.39, 0.29) is 17.7 Å². The third-order valence-corrected chi connectivity index (χ3v) is 2.88. The highest BCUT2D eigenvalue weighted by molar-refractivity contribution is 5.94. The van der Waals surface area contributed by atoms with Gasteiger partial charge in [0.1, 0.15) is 17.6 Å². The first kappa shape index (κ1) is 14.6. The summed E-state index contributed by atoms with van der Waals surface area (Å²) in [5.41, 5.74) is 0.337. The highest BCUT2D eigenvalue weighted by Crippen LogP contribution is 2.10. The summed E-state index contributed by atoms with van der Waals surface area (Å²) in [5.74, 6) is -2.35. The number of aromatic nitrogens is 1. The Labute approximate surface area is 120 Å². The molecule has 1 amide bonds. The Morgan fingerprint density at radius 2 is 1.90 bits per heavy atom. The average Bonchev–Trinajstić information content (AvgIpc) is 2.49. The SMILES string of the molecule is O=C(N[C@@H](Cc1ccccc1F)C(=O)O)c1ccccn1. The minimum atomic E-state index is -1.23. The van der Waals surface area contributed by atoms with E-state index in [2.05, 4.69) is 10.3 Å². The van der Waals surface area contributed by atoms with Crippen molar-refractivity contribution in [1.82, 2.24) is 10.3 Å². The third-order valence-electron chi connectivity index (χ3n) is 2.88. The van der Waals surface area contributed by atoms with Gasteiger partial charge < -0.3 is 10.4 Å². The van der Waals surface area contributed by atoms with Crippen molar-refractivity contribution in [2.45, 2.75) is 12.5 Å². The van der Waals surface area contributed by atoms with Crippen molar-refractivity contribution in [2.24, 2.45) is 0 Å². The van der Waals surface area contributed by atoms with Crippen molar-refractivity contribution in [1.29, 1.82) is 0 Å². The number of nitrogens with zero attached hydrogens (tertiary/aromatic N) is 1. The lowest BCUT2D eigenvalue weighted by Gasteiger charge is -2.14. The molecule has 5 nitrogen and oxygen atoms in total. The largest absolute Gasteiger partial charge is 0.480 e. The number of carbonyl (C=O) groups is 2. The molecule has 2 rings (SSSR count). The second kappa shape index (κ2) is 6.60. The van der Waals surface area contributed by atoms with E-state index >= 15 is 0 Å². The van der Waals surface area contributed by atoms with Crippen LogP contribution in [0.25, 0.3) is 0 Å². The fraction of sp³-hybridized carbons (Fsp3) is 0.133. The first-order valence-electron chi connectivity index (χ1n) is 6.26. The number of hydrogen-bond donors (Lipinski definition) is 2. The van der Waals surface area contributed by atoms with Crippen LogP contribution in [0.5, 0.6) is 0 Å². The molecule has 21 heavy (non-hydrogen) atoms. The molecule has 0 aliphatic rings. The number of carbonyl (C=O) groups excluding carboxylic acids is 1. The molecule has 0 saturated heterocycles. The lowest BCUT2D eigenvalue weighted by atomic mass is 10.1. The Morgan fingerprint density at radius 1 is 1.19 bits per heavy atom. The predicted molar refractivity (Wildman–Crippen MR) is 73.2 cm³/mol. The summed E-state index contributed by atoms with van der Waals surface area (Å²) in [7, 11) is 0. The summed E-state index contributed by atoms with van der Waals surface area (Å²) in [5, 5.41) is 11.5. The van der Waals surface area contributed by atoms with Gasteiger partial charge in [-0.1, -0.05) is 24.3 Å². The van der Waals surface area contributed by atoms with Crippen LogP contribution in [0.3, 0.4) is 0 Å². The summed E-state index contributed by atoms with van der Waals surface area (Å²) in [6.07, 6.45) is 1.29. The van der Waals surface area contributed by atoms with Gasteiger partial charge in [-0.25, -0.2) is 9.18 Å². The number of halogens is 1. The van der Waals surface area contributed by atoms with E-state index in [1.165, 1.54) is 30.5 Å². The number of carboxylic acid groups (broad SMARTS) is 1. The van der Waals surface area contributed by atoms with Crippen LogP contribution < -0.4 is 5.32 Å². The van der Waals surface area contributed by atoms with Crippen LogP contribution >= 0.6 is 0 Å². The summed E-state index contributed by atoms with van der Waals surface area (Å²) < 4.78 is 13.6. The number of rotatable bonds is 5. The van der Waals surface area contributed by atoms with Crippen LogP contribution in [0.2, 0.25) is 0 Å². The highest BCUT2D eigenvalue weighted by atomic mass is 19.1. The van der Waals surface area contributed by atoms with Gasteiger partial charge in [-0.2, -0.15) is 0 Å². The zero-order chi connectivity index (χ0) is 15.2. The smallest absolute Gasteiger partial charge is 0.326 e. The zero-order valence-electron chi connectivity index (χ0n) is 11.0. The van der Waals surface area contributed by atoms with Crippen LogP contribution in [0, 0.1) is 5.82 Å². The second-order valence-electron chi connectivity index (χ2n) is 4.37. The first-order valence-corrected chi connectivity index (χ1v) is 6.26. The van der Waals surface area contributed by atoms with Crippen LogP contribution in [0.15, 0.2) is 48.7 Å². The monoisotopic (exact) mass is 288 g/mol. The lowest BCUT2D eigenvalue weighted by molar-refractivity contribution is -0.139. The Morgan fingerprint density at radius 3 is 2.52 bits per heavy atom. The van der Waals surface area contributed by atoms with Crippen molar-refractivity contribution < 1.29 is 19.1 Å². The van der Waals surface area contributed by atoms with Crippen LogP contribution in [-0.2, 0) is 11.2 Å². The Hall–Kier alpha value is -2.76. The molecule has 1 heterocycles. The van der Waals surface area contributed by atoms with Crippen LogP contribution in [0.4, 0.5) is 4.39 Å². The fourth-order valence-electron chi connectivity index (χ4n) is 1.81. The molecule has 1 atom stereocenters. The average molecular weight is 288 g/mol. The van der Waals surface area contributed by atoms with E-state index in [4.69, 9.17) is 5.11 Å². The van der Waals surface area contributed by atoms with Crippen LogP contribution in [-0.4, -0.2) is 28.0 Å². The van der Waals surface area contributed by atoms with Crippen molar-refractivity contribution in [3.63, 3.8) is 0 Å². The van der Waals surface area contributed by atoms with E-state index < -0.39 is 23.7 Å². The molecule has 0 aliphatic carbocycles. The normalized spacial score (nSPS) is 11.7. The van der Waals surface area contributed by atoms with Crippen molar-refractivity contribution in [3.8, 4) is 0 Å². The number of benzene rings is 1. The minimum absolute atomic E-state index is 0.109. The van der Waals surface area contributed by atoms with Gasteiger partial charge >= 0.3 is 5.97 Å². The van der Waals surface area contributed by atoms with Gasteiger partial charge in [-0.05, 0) is 23.8 Å². The first-order chi connectivity index (χ1) is 10.1. The predicted octanol–water partition coefficient (Wildman–Crippen LogP) is 1.65. The number of carboxylic acids is 1. The molecule has 0 fully saturated rings. The molecule has 108 valence electrons. The van der Waals surface area contributed by atoms with Crippen molar-refractivity contribution in [2.75, 3.05) is 0 Å². The summed E-state index contributed by atoms with van der Waals surface area (Å²) in [6, 6.07) is 9.36. The van der Waals surface area contributed by atoms with Gasteiger partial charge in [0.15, 0.2) is 0 Å². The van der Waals surface area contributed by atoms with E-state index in [1.807, 2.05) is 0 Å². The van der Waals surface area contributed by atoms with Crippen LogP contribution in [0.1, 0.15) is 16.1 Å². The maximum Gasteiger partial charge on any atom is 0.326 e. The van der Waals surface area contributed by atoms with E-state index in [0.717, 1.165) is 0 Å². The van der Waals surface area contributed by atoms with Gasteiger partial charge in [0.05, 0.1) is 0 Å². The molecule has 0 bridgehead atoms. The fourth-order valence-corrected chi connectivity index (χ4v) is 1.81. The quantitative estimate of drug-likeness (QED) is 0.876. The van der Waals surface area contributed by atoms with E-state index in [0.29, 0.717) is 0 Å². The minimum Gasteiger partial charge on any atom is -0.480 e. The molecule has 1 aromatic carbocycles. The van der Waals surface area contributed by atoms with Gasteiger partial charge in [0.25, 0.3) is 5.91 Å². The van der Waals surface area contributed by atoms with E-state index in [9.17, 15) is 14.0 Å². The number of amides is 1. The zero-order valence-corrected chi connectivity index (χ0v) is 11.0. The molecule has 1 aromatic heterocycles. The number of hydrogen-bond acceptors (Lipinski definition) is 3. The molecular weight excluding hydrogens is 275 g/mol. The topological polar surface area (TPSA) is 79.3 Å². The molecule has 0 aliphatic heterocycles. The summed E-state index contributed by atoms with van der Waals surface area (Å²) >= 11 is 0. The van der Waals surface area contributed by atoms with Gasteiger partial charge in [-0.15, -0.1) is 0 Å². The number of pyridine rings is 1. The number of aliphatic carboxylic acids is 1. The highest BCUT2D eigenvalue weighted by Gasteiger charge is 2.22. The molecular formula is C15H13FN2O3. The molecule has 0 saturated carbocycles. The Kier molecular flexibility index (Phi) is 4.61. The molecule has 6 heteroatoms. The lowest BCUT2D eigenvalue weighted by Crippen LogP contribution is -2.42. The number of nitrogens with one attached hydrogen (secondary N) is 1. The standard InChI is InChI=1S/C15H13FN2O3/c16-11-6-2-1-5-10(11)9-13(15(20)21)18-14(19)12-7-3-4-8-17-12/h1-8,13H,9H2,(H,18,19)(H,20,21)/t13-/m0/s1. The third kappa shape index (κ3) is 3.85. The second-order valence-corrected chi connectivity index (χ2v) is 4.37. The molecule has 0 radical (unpaired) electrons. The Balaban J connectivity index is 2.12. The molecule has 0 unspecified atom stereocenters. The Bertz CT molecular complexity index is 646. The van der Waals surface area contributed by atoms with Gasteiger partial charge in [0.2, 0.25) is 0 Å². The van der Waals surface area contributed by atoms with Crippen molar-refractivity contribution in [3.05, 3.63) is 65.7 Å².